The van der Waals surface area contributed by atoms with Crippen molar-refractivity contribution in [1.29, 1.82) is 0 Å². The molecule has 0 amide bonds. The number of aliphatic hydroxyl groups excluding tert-OH is 1. The summed E-state index contributed by atoms with van der Waals surface area (Å²) >= 11 is 0. The Balaban J connectivity index is 2.42. The van der Waals surface area contributed by atoms with Crippen molar-refractivity contribution >= 4 is 10.2 Å². The SMILES string of the molecule is O=S(=O)(F)CC(O)C1CCCC1. The van der Waals surface area contributed by atoms with Crippen molar-refractivity contribution in [2.24, 2.45) is 5.92 Å². The van der Waals surface area contributed by atoms with Crippen LogP contribution in [0.1, 0.15) is 25.7 Å². The molecule has 0 spiro atoms. The van der Waals surface area contributed by atoms with Crippen LogP contribution >= 0.6 is 0 Å². The summed E-state index contributed by atoms with van der Waals surface area (Å²) in [6, 6.07) is 0. The first-order valence-electron chi connectivity index (χ1n) is 4.09. The van der Waals surface area contributed by atoms with Crippen molar-refractivity contribution in [2.45, 2.75) is 31.8 Å². The minimum absolute atomic E-state index is 0.0180. The van der Waals surface area contributed by atoms with Gasteiger partial charge in [0.25, 0.3) is 0 Å². The Morgan fingerprint density at radius 2 is 1.92 bits per heavy atom. The molecule has 0 aliphatic heterocycles. The third-order valence-corrected chi connectivity index (χ3v) is 3.05. The molecule has 0 heterocycles. The summed E-state index contributed by atoms with van der Waals surface area (Å²) in [6.45, 7) is 0. The average molecular weight is 196 g/mol. The minimum atomic E-state index is -4.51. The summed E-state index contributed by atoms with van der Waals surface area (Å²) in [5.41, 5.74) is 0. The van der Waals surface area contributed by atoms with Gasteiger partial charge in [0.15, 0.2) is 0 Å². The highest BCUT2D eigenvalue weighted by Crippen LogP contribution is 2.28. The molecule has 0 radical (unpaired) electrons. The molecule has 1 saturated carbocycles. The van der Waals surface area contributed by atoms with E-state index in [2.05, 4.69) is 0 Å². The van der Waals surface area contributed by atoms with Gasteiger partial charge in [-0.1, -0.05) is 12.8 Å². The molecular formula is C7H13FO3S. The van der Waals surface area contributed by atoms with Gasteiger partial charge in [-0.3, -0.25) is 0 Å². The molecule has 0 bridgehead atoms. The first-order chi connectivity index (χ1) is 5.49. The van der Waals surface area contributed by atoms with Crippen molar-refractivity contribution in [3.05, 3.63) is 0 Å². The van der Waals surface area contributed by atoms with E-state index < -0.39 is 22.1 Å². The van der Waals surface area contributed by atoms with Gasteiger partial charge in [-0.15, -0.1) is 3.89 Å². The van der Waals surface area contributed by atoms with Crippen LogP contribution in [-0.2, 0) is 10.2 Å². The van der Waals surface area contributed by atoms with Gasteiger partial charge in [0.2, 0.25) is 0 Å². The largest absolute Gasteiger partial charge is 0.392 e. The van der Waals surface area contributed by atoms with Gasteiger partial charge in [0.05, 0.1) is 6.10 Å². The van der Waals surface area contributed by atoms with Crippen LogP contribution in [-0.4, -0.2) is 25.4 Å². The van der Waals surface area contributed by atoms with E-state index in [1.807, 2.05) is 0 Å². The normalized spacial score (nSPS) is 22.8. The fourth-order valence-corrected chi connectivity index (χ4v) is 2.36. The predicted octanol–water partition coefficient (Wildman–Crippen LogP) is 0.837. The van der Waals surface area contributed by atoms with E-state index in [1.54, 1.807) is 0 Å². The van der Waals surface area contributed by atoms with Crippen LogP contribution in [0.5, 0.6) is 0 Å². The molecule has 5 heteroatoms. The Morgan fingerprint density at radius 1 is 1.42 bits per heavy atom. The highest BCUT2D eigenvalue weighted by atomic mass is 32.3. The van der Waals surface area contributed by atoms with E-state index in [0.29, 0.717) is 0 Å². The van der Waals surface area contributed by atoms with Gasteiger partial charge in [-0.25, -0.2) is 0 Å². The zero-order chi connectivity index (χ0) is 9.19. The van der Waals surface area contributed by atoms with Gasteiger partial charge < -0.3 is 5.11 Å². The summed E-state index contributed by atoms with van der Waals surface area (Å²) in [4.78, 5) is 0. The van der Waals surface area contributed by atoms with Crippen LogP contribution in [0.2, 0.25) is 0 Å². The van der Waals surface area contributed by atoms with Crippen molar-refractivity contribution < 1.29 is 17.4 Å². The monoisotopic (exact) mass is 196 g/mol. The van der Waals surface area contributed by atoms with Gasteiger partial charge in [-0.05, 0) is 18.8 Å². The fourth-order valence-electron chi connectivity index (χ4n) is 1.68. The molecule has 1 N–H and O–H groups in total. The summed E-state index contributed by atoms with van der Waals surface area (Å²) < 4.78 is 32.4. The Kier molecular flexibility index (Phi) is 3.06. The molecule has 0 aromatic heterocycles. The molecule has 72 valence electrons. The molecule has 1 unspecified atom stereocenters. The molecule has 12 heavy (non-hydrogen) atoms. The molecule has 0 aromatic carbocycles. The van der Waals surface area contributed by atoms with Crippen LogP contribution in [0.3, 0.4) is 0 Å². The van der Waals surface area contributed by atoms with Crippen LogP contribution < -0.4 is 0 Å². The maximum atomic E-state index is 12.1. The topological polar surface area (TPSA) is 54.4 Å². The van der Waals surface area contributed by atoms with Crippen molar-refractivity contribution in [1.82, 2.24) is 0 Å². The molecule has 1 aliphatic rings. The zero-order valence-corrected chi connectivity index (χ0v) is 7.56. The maximum Gasteiger partial charge on any atom is 0.304 e. The third-order valence-electron chi connectivity index (χ3n) is 2.31. The third kappa shape index (κ3) is 3.06. The summed E-state index contributed by atoms with van der Waals surface area (Å²) in [5.74, 6) is -0.756. The quantitative estimate of drug-likeness (QED) is 0.680. The lowest BCUT2D eigenvalue weighted by Crippen LogP contribution is -2.25. The van der Waals surface area contributed by atoms with Crippen molar-refractivity contribution in [3.63, 3.8) is 0 Å². The standard InChI is InChI=1S/C7H13FO3S/c8-12(10,11)5-7(9)6-3-1-2-4-6/h6-7,9H,1-5H2. The second-order valence-electron chi connectivity index (χ2n) is 3.32. The Bertz CT molecular complexity index is 231. The lowest BCUT2D eigenvalue weighted by atomic mass is 10.0. The summed E-state index contributed by atoms with van der Waals surface area (Å²) in [6.07, 6.45) is 2.64. The lowest BCUT2D eigenvalue weighted by molar-refractivity contribution is 0.131. The molecule has 1 atom stereocenters. The van der Waals surface area contributed by atoms with E-state index in [0.717, 1.165) is 25.7 Å². The number of hydrogen-bond acceptors (Lipinski definition) is 3. The van der Waals surface area contributed by atoms with E-state index in [1.165, 1.54) is 0 Å². The van der Waals surface area contributed by atoms with Crippen LogP contribution in [0, 0.1) is 5.92 Å². The molecule has 1 rings (SSSR count). The fraction of sp³-hybridized carbons (Fsp3) is 1.00. The van der Waals surface area contributed by atoms with E-state index >= 15 is 0 Å². The number of halogens is 1. The van der Waals surface area contributed by atoms with Crippen LogP contribution in [0.25, 0.3) is 0 Å². The summed E-state index contributed by atoms with van der Waals surface area (Å²) in [7, 11) is -4.51. The lowest BCUT2D eigenvalue weighted by Gasteiger charge is -2.14. The van der Waals surface area contributed by atoms with Crippen LogP contribution in [0.15, 0.2) is 0 Å². The maximum absolute atomic E-state index is 12.1. The molecular weight excluding hydrogens is 183 g/mol. The highest BCUT2D eigenvalue weighted by molar-refractivity contribution is 7.86. The molecule has 0 saturated heterocycles. The number of rotatable bonds is 3. The second-order valence-corrected chi connectivity index (χ2v) is 4.73. The Labute approximate surface area is 71.8 Å². The second kappa shape index (κ2) is 3.70. The van der Waals surface area contributed by atoms with E-state index in [9.17, 15) is 17.4 Å². The van der Waals surface area contributed by atoms with E-state index in [4.69, 9.17) is 0 Å². The smallest absolute Gasteiger partial charge is 0.304 e. The van der Waals surface area contributed by atoms with Crippen LogP contribution in [0.4, 0.5) is 3.89 Å². The minimum Gasteiger partial charge on any atom is -0.392 e. The van der Waals surface area contributed by atoms with Gasteiger partial charge in [0, 0.05) is 0 Å². The first-order valence-corrected chi connectivity index (χ1v) is 5.65. The molecule has 1 fully saturated rings. The number of aliphatic hydroxyl groups is 1. The Morgan fingerprint density at radius 3 is 2.33 bits per heavy atom. The first kappa shape index (κ1) is 9.92. The van der Waals surface area contributed by atoms with Crippen molar-refractivity contribution in [2.75, 3.05) is 5.75 Å². The number of hydrogen-bond donors (Lipinski definition) is 1. The highest BCUT2D eigenvalue weighted by Gasteiger charge is 2.27. The van der Waals surface area contributed by atoms with Gasteiger partial charge in [-0.2, -0.15) is 8.42 Å². The summed E-state index contributed by atoms with van der Waals surface area (Å²) in [5, 5.41) is 9.27. The van der Waals surface area contributed by atoms with Gasteiger partial charge >= 0.3 is 10.2 Å². The van der Waals surface area contributed by atoms with E-state index in [-0.39, 0.29) is 5.92 Å². The average Bonchev–Trinajstić information content (AvgIpc) is 2.32. The Hall–Kier alpha value is -0.160. The zero-order valence-electron chi connectivity index (χ0n) is 6.74. The molecule has 1 aliphatic carbocycles. The molecule has 3 nitrogen and oxygen atoms in total. The predicted molar refractivity (Wildman–Crippen MR) is 42.9 cm³/mol. The molecule has 0 aromatic rings. The van der Waals surface area contributed by atoms with Gasteiger partial charge in [0.1, 0.15) is 5.75 Å². The van der Waals surface area contributed by atoms with Crippen molar-refractivity contribution in [3.8, 4) is 0 Å².